The van der Waals surface area contributed by atoms with Gasteiger partial charge in [0, 0.05) is 30.3 Å². The van der Waals surface area contributed by atoms with Crippen molar-refractivity contribution in [3.63, 3.8) is 0 Å². The molecule has 0 radical (unpaired) electrons. The third-order valence-corrected chi connectivity index (χ3v) is 2.91. The Morgan fingerprint density at radius 3 is 1.35 bits per heavy atom. The molecule has 3 aromatic carbocycles. The van der Waals surface area contributed by atoms with E-state index < -0.39 is 17.5 Å². The van der Waals surface area contributed by atoms with Crippen LogP contribution in [0.4, 0.5) is 13.2 Å². The van der Waals surface area contributed by atoms with Crippen LogP contribution in [-0.2, 0) is 0 Å². The van der Waals surface area contributed by atoms with Crippen molar-refractivity contribution in [1.29, 1.82) is 0 Å². The molecular formula is C18H11F3O2. The lowest BCUT2D eigenvalue weighted by molar-refractivity contribution is 0.447. The molecule has 3 aromatic rings. The predicted molar refractivity (Wildman–Crippen MR) is 79.3 cm³/mol. The van der Waals surface area contributed by atoms with E-state index in [-0.39, 0.29) is 23.0 Å². The molecule has 116 valence electrons. The molecule has 0 fully saturated rings. The van der Waals surface area contributed by atoms with Crippen molar-refractivity contribution in [2.45, 2.75) is 0 Å². The Balaban J connectivity index is 1.84. The number of hydrogen-bond acceptors (Lipinski definition) is 2. The van der Waals surface area contributed by atoms with Gasteiger partial charge in [-0.2, -0.15) is 0 Å². The van der Waals surface area contributed by atoms with Crippen LogP contribution < -0.4 is 9.47 Å². The highest BCUT2D eigenvalue weighted by Gasteiger charge is 2.06. The van der Waals surface area contributed by atoms with Crippen LogP contribution in [0.3, 0.4) is 0 Å². The summed E-state index contributed by atoms with van der Waals surface area (Å²) >= 11 is 0. The van der Waals surface area contributed by atoms with Crippen LogP contribution in [0.15, 0.2) is 66.7 Å². The quantitative estimate of drug-likeness (QED) is 0.615. The molecular weight excluding hydrogens is 305 g/mol. The van der Waals surface area contributed by atoms with Crippen LogP contribution in [-0.4, -0.2) is 0 Å². The Hall–Kier alpha value is -2.95. The molecule has 0 spiro atoms. The lowest BCUT2D eigenvalue weighted by atomic mass is 10.3. The van der Waals surface area contributed by atoms with E-state index in [0.717, 1.165) is 12.1 Å². The van der Waals surface area contributed by atoms with Gasteiger partial charge in [0.05, 0.1) is 0 Å². The fraction of sp³-hybridized carbons (Fsp3) is 0. The van der Waals surface area contributed by atoms with Gasteiger partial charge in [-0.15, -0.1) is 0 Å². The van der Waals surface area contributed by atoms with Crippen molar-refractivity contribution >= 4 is 0 Å². The molecule has 0 saturated carbocycles. The van der Waals surface area contributed by atoms with E-state index in [2.05, 4.69) is 0 Å². The minimum Gasteiger partial charge on any atom is -0.457 e. The maximum absolute atomic E-state index is 13.7. The highest BCUT2D eigenvalue weighted by Crippen LogP contribution is 2.30. The minimum atomic E-state index is -0.592. The Kier molecular flexibility index (Phi) is 4.19. The Labute approximate surface area is 130 Å². The SMILES string of the molecule is Fc1cccc(Oc2cc(F)cc(Oc3cccc(F)c3)c2)c1. The normalized spacial score (nSPS) is 10.4. The fourth-order valence-corrected chi connectivity index (χ4v) is 1.99. The molecule has 5 heteroatoms. The second kappa shape index (κ2) is 6.44. The molecule has 0 atom stereocenters. The van der Waals surface area contributed by atoms with Crippen LogP contribution in [0, 0.1) is 17.5 Å². The first-order valence-corrected chi connectivity index (χ1v) is 6.76. The number of benzene rings is 3. The third-order valence-electron chi connectivity index (χ3n) is 2.91. The summed E-state index contributed by atoms with van der Waals surface area (Å²) in [6.45, 7) is 0. The minimum absolute atomic E-state index is 0.141. The van der Waals surface area contributed by atoms with E-state index in [0.29, 0.717) is 0 Å². The molecule has 0 aliphatic heterocycles. The number of ether oxygens (including phenoxy) is 2. The van der Waals surface area contributed by atoms with E-state index in [4.69, 9.17) is 9.47 Å². The second-order valence-corrected chi connectivity index (χ2v) is 4.74. The van der Waals surface area contributed by atoms with E-state index in [1.54, 1.807) is 12.1 Å². The lowest BCUT2D eigenvalue weighted by Crippen LogP contribution is -1.90. The van der Waals surface area contributed by atoms with Gasteiger partial charge < -0.3 is 9.47 Å². The molecule has 0 amide bonds. The molecule has 2 nitrogen and oxygen atoms in total. The van der Waals surface area contributed by atoms with Crippen LogP contribution in [0.2, 0.25) is 0 Å². The van der Waals surface area contributed by atoms with Gasteiger partial charge >= 0.3 is 0 Å². The lowest BCUT2D eigenvalue weighted by Gasteiger charge is -2.10. The molecule has 0 bridgehead atoms. The molecule has 0 N–H and O–H groups in total. The molecule has 23 heavy (non-hydrogen) atoms. The summed E-state index contributed by atoms with van der Waals surface area (Å²) in [5.74, 6) is -0.779. The van der Waals surface area contributed by atoms with E-state index >= 15 is 0 Å². The molecule has 0 saturated heterocycles. The highest BCUT2D eigenvalue weighted by atomic mass is 19.1. The van der Waals surface area contributed by atoms with E-state index in [1.165, 1.54) is 42.5 Å². The van der Waals surface area contributed by atoms with Crippen LogP contribution in [0.5, 0.6) is 23.0 Å². The van der Waals surface area contributed by atoms with Crippen molar-refractivity contribution in [3.05, 3.63) is 84.2 Å². The van der Waals surface area contributed by atoms with Gasteiger partial charge in [-0.3, -0.25) is 0 Å². The standard InChI is InChI=1S/C18H11F3O2/c19-12-3-1-5-15(7-12)22-17-9-14(21)10-18(11-17)23-16-6-2-4-13(20)8-16/h1-11H. The molecule has 0 aliphatic carbocycles. The zero-order valence-corrected chi connectivity index (χ0v) is 11.8. The van der Waals surface area contributed by atoms with Gasteiger partial charge in [0.1, 0.15) is 40.4 Å². The Bertz CT molecular complexity index is 768. The first kappa shape index (κ1) is 15.0. The zero-order chi connectivity index (χ0) is 16.2. The monoisotopic (exact) mass is 316 g/mol. The topological polar surface area (TPSA) is 18.5 Å². The van der Waals surface area contributed by atoms with Crippen molar-refractivity contribution in [3.8, 4) is 23.0 Å². The summed E-state index contributed by atoms with van der Waals surface area (Å²) in [6.07, 6.45) is 0. The summed E-state index contributed by atoms with van der Waals surface area (Å²) in [4.78, 5) is 0. The van der Waals surface area contributed by atoms with Crippen LogP contribution >= 0.6 is 0 Å². The Morgan fingerprint density at radius 1 is 0.478 bits per heavy atom. The second-order valence-electron chi connectivity index (χ2n) is 4.74. The van der Waals surface area contributed by atoms with Gasteiger partial charge in [0.25, 0.3) is 0 Å². The van der Waals surface area contributed by atoms with Gasteiger partial charge in [-0.1, -0.05) is 12.1 Å². The number of hydrogen-bond donors (Lipinski definition) is 0. The van der Waals surface area contributed by atoms with Crippen LogP contribution in [0.1, 0.15) is 0 Å². The van der Waals surface area contributed by atoms with Crippen molar-refractivity contribution < 1.29 is 22.6 Å². The molecule has 0 unspecified atom stereocenters. The van der Waals surface area contributed by atoms with Gasteiger partial charge in [-0.05, 0) is 24.3 Å². The van der Waals surface area contributed by atoms with Crippen molar-refractivity contribution in [2.75, 3.05) is 0 Å². The van der Waals surface area contributed by atoms with Crippen molar-refractivity contribution in [2.24, 2.45) is 0 Å². The highest BCUT2D eigenvalue weighted by molar-refractivity contribution is 5.40. The predicted octanol–water partition coefficient (Wildman–Crippen LogP) is 5.69. The fourth-order valence-electron chi connectivity index (χ4n) is 1.99. The molecule has 0 aromatic heterocycles. The first-order valence-electron chi connectivity index (χ1n) is 6.76. The summed E-state index contributed by atoms with van der Waals surface area (Å²) < 4.78 is 50.8. The average molecular weight is 316 g/mol. The third kappa shape index (κ3) is 4.03. The number of rotatable bonds is 4. The molecule has 3 rings (SSSR count). The van der Waals surface area contributed by atoms with Crippen LogP contribution in [0.25, 0.3) is 0 Å². The maximum atomic E-state index is 13.7. The summed E-state index contributed by atoms with van der Waals surface area (Å²) in [6, 6.07) is 14.7. The zero-order valence-electron chi connectivity index (χ0n) is 11.8. The Morgan fingerprint density at radius 2 is 0.913 bits per heavy atom. The summed E-state index contributed by atoms with van der Waals surface area (Å²) in [7, 11) is 0. The largest absolute Gasteiger partial charge is 0.457 e. The van der Waals surface area contributed by atoms with E-state index in [9.17, 15) is 13.2 Å². The van der Waals surface area contributed by atoms with Gasteiger partial charge in [0.2, 0.25) is 0 Å². The molecule has 0 aliphatic rings. The van der Waals surface area contributed by atoms with E-state index in [1.807, 2.05) is 0 Å². The average Bonchev–Trinajstić information content (AvgIpc) is 2.46. The summed E-state index contributed by atoms with van der Waals surface area (Å²) in [5.41, 5.74) is 0. The molecule has 0 heterocycles. The maximum Gasteiger partial charge on any atom is 0.134 e. The summed E-state index contributed by atoms with van der Waals surface area (Å²) in [5, 5.41) is 0. The first-order chi connectivity index (χ1) is 11.1. The van der Waals surface area contributed by atoms with Gasteiger partial charge in [0.15, 0.2) is 0 Å². The van der Waals surface area contributed by atoms with Crippen molar-refractivity contribution in [1.82, 2.24) is 0 Å². The smallest absolute Gasteiger partial charge is 0.134 e. The number of halogens is 3. The van der Waals surface area contributed by atoms with Gasteiger partial charge in [-0.25, -0.2) is 13.2 Å².